The summed E-state index contributed by atoms with van der Waals surface area (Å²) in [7, 11) is 0. The van der Waals surface area contributed by atoms with Gasteiger partial charge < -0.3 is 21.1 Å². The van der Waals surface area contributed by atoms with E-state index in [2.05, 4.69) is 34.8 Å². The molecule has 4 N–H and O–H groups in total. The van der Waals surface area contributed by atoms with Crippen molar-refractivity contribution in [3.63, 3.8) is 0 Å². The van der Waals surface area contributed by atoms with E-state index in [4.69, 9.17) is 10.5 Å². The van der Waals surface area contributed by atoms with Crippen molar-refractivity contribution in [3.05, 3.63) is 23.4 Å². The van der Waals surface area contributed by atoms with Crippen LogP contribution in [0.2, 0.25) is 0 Å². The van der Waals surface area contributed by atoms with E-state index in [0.29, 0.717) is 6.54 Å². The Morgan fingerprint density at radius 1 is 1.28 bits per heavy atom. The Hall–Kier alpha value is -1.96. The summed E-state index contributed by atoms with van der Waals surface area (Å²) >= 11 is 3.94. The van der Waals surface area contributed by atoms with Crippen LogP contribution in [0.1, 0.15) is 41.5 Å². The van der Waals surface area contributed by atoms with Crippen molar-refractivity contribution in [2.45, 2.75) is 52.7 Å². The molecule has 1 atom stereocenters. The normalized spacial score (nSPS) is 15.2. The highest BCUT2D eigenvalue weighted by Gasteiger charge is 2.37. The van der Waals surface area contributed by atoms with E-state index in [1.807, 2.05) is 13.8 Å². The summed E-state index contributed by atoms with van der Waals surface area (Å²) in [6.45, 7) is 14.5. The zero-order valence-corrected chi connectivity index (χ0v) is 16.8. The van der Waals surface area contributed by atoms with Gasteiger partial charge in [0.15, 0.2) is 0 Å². The lowest BCUT2D eigenvalue weighted by Gasteiger charge is -2.37. The van der Waals surface area contributed by atoms with Gasteiger partial charge in [-0.2, -0.15) is 0 Å². The molecule has 25 heavy (non-hydrogen) atoms. The van der Waals surface area contributed by atoms with Gasteiger partial charge in [-0.25, -0.2) is 4.79 Å². The minimum atomic E-state index is -1.14. The topological polar surface area (TPSA) is 106 Å². The second kappa shape index (κ2) is 9.50. The summed E-state index contributed by atoms with van der Waals surface area (Å²) in [4.78, 5) is 27.8. The van der Waals surface area contributed by atoms with Crippen LogP contribution in [0.25, 0.3) is 0 Å². The van der Waals surface area contributed by atoms with Crippen molar-refractivity contribution < 1.29 is 14.3 Å². The molecule has 0 aliphatic rings. The van der Waals surface area contributed by atoms with E-state index in [-0.39, 0.29) is 18.1 Å². The molecule has 142 valence electrons. The summed E-state index contributed by atoms with van der Waals surface area (Å²) in [5, 5.41) is 5.46. The molecule has 0 heterocycles. The van der Waals surface area contributed by atoms with Crippen LogP contribution < -0.4 is 16.4 Å². The number of ether oxygens (including phenoxy) is 1. The van der Waals surface area contributed by atoms with Crippen LogP contribution in [0.4, 0.5) is 4.79 Å². The first-order valence-corrected chi connectivity index (χ1v) is 8.37. The van der Waals surface area contributed by atoms with Crippen LogP contribution >= 0.6 is 12.6 Å². The predicted molar refractivity (Wildman–Crippen MR) is 105 cm³/mol. The maximum atomic E-state index is 12.0. The average Bonchev–Trinajstić information content (AvgIpc) is 2.45. The van der Waals surface area contributed by atoms with Crippen molar-refractivity contribution in [1.82, 2.24) is 10.6 Å². The molecule has 0 spiro atoms. The fourth-order valence-electron chi connectivity index (χ4n) is 2.19. The second-order valence-corrected chi connectivity index (χ2v) is 7.06. The van der Waals surface area contributed by atoms with Crippen LogP contribution in [0.5, 0.6) is 0 Å². The van der Waals surface area contributed by atoms with E-state index in [9.17, 15) is 9.59 Å². The summed E-state index contributed by atoms with van der Waals surface area (Å²) in [6, 6.07) is 0. The van der Waals surface area contributed by atoms with Gasteiger partial charge in [0.2, 0.25) is 5.91 Å². The van der Waals surface area contributed by atoms with Crippen LogP contribution in [0, 0.1) is 0 Å². The van der Waals surface area contributed by atoms with Gasteiger partial charge in [-0.05, 0) is 40.2 Å². The third-order valence-electron chi connectivity index (χ3n) is 3.52. The van der Waals surface area contributed by atoms with Gasteiger partial charge in [0.1, 0.15) is 11.1 Å². The predicted octanol–water partition coefficient (Wildman–Crippen LogP) is 2.15. The van der Waals surface area contributed by atoms with Gasteiger partial charge in [-0.3, -0.25) is 9.79 Å². The number of thiol groups is 1. The number of amides is 2. The number of carbonyl (C=O) groups is 2. The Kier molecular flexibility index (Phi) is 8.76. The van der Waals surface area contributed by atoms with Crippen LogP contribution in [-0.2, 0) is 9.53 Å². The maximum absolute atomic E-state index is 12.0. The lowest BCUT2D eigenvalue weighted by molar-refractivity contribution is -0.120. The lowest BCUT2D eigenvalue weighted by atomic mass is 9.84. The maximum Gasteiger partial charge on any atom is 0.407 e. The summed E-state index contributed by atoms with van der Waals surface area (Å²) < 4.78 is 5.24. The smallest absolute Gasteiger partial charge is 0.407 e. The van der Waals surface area contributed by atoms with Crippen LogP contribution in [0.15, 0.2) is 28.4 Å². The summed E-state index contributed by atoms with van der Waals surface area (Å²) in [6.07, 6.45) is -0.609. The molecule has 0 saturated carbocycles. The minimum absolute atomic E-state index is 0.00455. The first kappa shape index (κ1) is 23.0. The highest BCUT2D eigenvalue weighted by Crippen LogP contribution is 2.25. The van der Waals surface area contributed by atoms with E-state index in [0.717, 1.165) is 11.1 Å². The van der Waals surface area contributed by atoms with E-state index in [1.165, 1.54) is 12.5 Å². The fourth-order valence-corrected chi connectivity index (χ4v) is 2.27. The molecular formula is C17H30N4O3S. The number of nitrogens with one attached hydrogen (secondary N) is 2. The molecule has 0 bridgehead atoms. The first-order chi connectivity index (χ1) is 11.4. The van der Waals surface area contributed by atoms with E-state index < -0.39 is 17.2 Å². The third kappa shape index (κ3) is 7.64. The monoisotopic (exact) mass is 370 g/mol. The number of alkyl carbamates (subject to hydrolysis) is 1. The van der Waals surface area contributed by atoms with Gasteiger partial charge in [0, 0.05) is 12.6 Å². The molecule has 0 aromatic carbocycles. The highest BCUT2D eigenvalue weighted by atomic mass is 32.1. The Morgan fingerprint density at radius 2 is 1.84 bits per heavy atom. The molecule has 0 fully saturated rings. The average molecular weight is 371 g/mol. The number of nitrogens with zero attached hydrogens (tertiary/aromatic N) is 1. The number of hydrogen-bond donors (Lipinski definition) is 4. The second-order valence-electron chi connectivity index (χ2n) is 6.83. The fraction of sp³-hybridized carbons (Fsp3) is 0.588. The third-order valence-corrected chi connectivity index (χ3v) is 3.69. The molecule has 0 saturated heterocycles. The number of aliphatic imine (C=N–C) groups is 1. The zero-order chi connectivity index (χ0) is 19.8. The van der Waals surface area contributed by atoms with Crippen molar-refractivity contribution in [2.75, 3.05) is 13.1 Å². The molecule has 0 aliphatic heterocycles. The molecule has 8 heteroatoms. The SMILES string of the molecule is C=C(N)C(CNC(=O)OC(C)(C)C)(NC(C)=O)/C(C)=C(\C)C/N=C\S. The van der Waals surface area contributed by atoms with E-state index in [1.54, 1.807) is 20.8 Å². The zero-order valence-electron chi connectivity index (χ0n) is 15.9. The van der Waals surface area contributed by atoms with Crippen molar-refractivity contribution in [2.24, 2.45) is 10.7 Å². The Bertz CT molecular complexity index is 579. The van der Waals surface area contributed by atoms with Crippen LogP contribution in [-0.4, -0.2) is 41.8 Å². The van der Waals surface area contributed by atoms with Gasteiger partial charge >= 0.3 is 6.09 Å². The van der Waals surface area contributed by atoms with Gasteiger partial charge in [0.05, 0.1) is 18.6 Å². The quantitative estimate of drug-likeness (QED) is 0.238. The Balaban J connectivity index is 5.71. The van der Waals surface area contributed by atoms with Gasteiger partial charge in [-0.15, -0.1) is 12.6 Å². The lowest BCUT2D eigenvalue weighted by Crippen LogP contribution is -2.59. The van der Waals surface area contributed by atoms with Crippen molar-refractivity contribution >= 4 is 30.2 Å². The van der Waals surface area contributed by atoms with Crippen molar-refractivity contribution in [3.8, 4) is 0 Å². The molecule has 7 nitrogen and oxygen atoms in total. The molecule has 1 unspecified atom stereocenters. The standard InChI is InChI=1S/C17H30N4O3S/c1-11(8-19-10-25)12(2)17(13(3)18,21-14(4)22)9-20-15(23)24-16(5,6)7/h10H,3,8-9,18H2,1-2,4-7H3,(H,19,25)(H,20,23)(H,21,22)/b12-11+. The molecular weight excluding hydrogens is 340 g/mol. The largest absolute Gasteiger partial charge is 0.444 e. The molecule has 0 rings (SSSR count). The first-order valence-electron chi connectivity index (χ1n) is 7.85. The summed E-state index contributed by atoms with van der Waals surface area (Å²) in [5.74, 6) is -0.303. The van der Waals surface area contributed by atoms with Crippen molar-refractivity contribution in [1.29, 1.82) is 0 Å². The molecule has 0 aromatic rings. The molecule has 0 aromatic heterocycles. The number of rotatable bonds is 7. The van der Waals surface area contributed by atoms with Crippen LogP contribution in [0.3, 0.4) is 0 Å². The highest BCUT2D eigenvalue weighted by molar-refractivity contribution is 7.94. The van der Waals surface area contributed by atoms with Gasteiger partial charge in [-0.1, -0.05) is 12.2 Å². The Labute approximate surface area is 155 Å². The molecule has 0 aliphatic carbocycles. The summed E-state index contributed by atoms with van der Waals surface area (Å²) in [5.41, 5.74) is 7.44. The molecule has 2 amide bonds. The minimum Gasteiger partial charge on any atom is -0.444 e. The molecule has 0 radical (unpaired) electrons. The van der Waals surface area contributed by atoms with E-state index >= 15 is 0 Å². The van der Waals surface area contributed by atoms with Gasteiger partial charge in [0.25, 0.3) is 0 Å². The Morgan fingerprint density at radius 3 is 2.24 bits per heavy atom. The number of carbonyl (C=O) groups excluding carboxylic acids is 2. The number of hydrogen-bond acceptors (Lipinski definition) is 5. The number of nitrogens with two attached hydrogens (primary N) is 1.